The first-order chi connectivity index (χ1) is 7.58. The molecule has 1 aliphatic rings. The number of nitrogens with two attached hydrogens (primary N) is 1. The van der Waals surface area contributed by atoms with E-state index in [4.69, 9.17) is 18.0 Å². The molecule has 1 fully saturated rings. The smallest absolute Gasteiger partial charge is 0.103 e. The highest BCUT2D eigenvalue weighted by molar-refractivity contribution is 7.80. The van der Waals surface area contributed by atoms with E-state index >= 15 is 0 Å². The predicted octanol–water partition coefficient (Wildman–Crippen LogP) is 2.41. The molecule has 1 aromatic carbocycles. The van der Waals surface area contributed by atoms with Gasteiger partial charge in [-0.2, -0.15) is 0 Å². The molecular weight excluding hydrogens is 216 g/mol. The van der Waals surface area contributed by atoms with E-state index in [1.54, 1.807) is 0 Å². The van der Waals surface area contributed by atoms with Gasteiger partial charge in [0.2, 0.25) is 0 Å². The summed E-state index contributed by atoms with van der Waals surface area (Å²) in [6.45, 7) is 3.46. The number of anilines is 1. The van der Waals surface area contributed by atoms with Crippen molar-refractivity contribution < 1.29 is 0 Å². The molecule has 1 saturated carbocycles. The van der Waals surface area contributed by atoms with Crippen molar-refractivity contribution in [1.82, 2.24) is 0 Å². The zero-order chi connectivity index (χ0) is 11.7. The van der Waals surface area contributed by atoms with Crippen molar-refractivity contribution in [2.45, 2.75) is 13.3 Å². The largest absolute Gasteiger partial charge is 0.389 e. The summed E-state index contributed by atoms with van der Waals surface area (Å²) in [7, 11) is 2.14. The molecule has 0 aromatic heterocycles. The molecule has 16 heavy (non-hydrogen) atoms. The fourth-order valence-corrected chi connectivity index (χ4v) is 2.13. The number of thiocarbonyl (C=S) groups is 1. The maximum Gasteiger partial charge on any atom is 0.103 e. The van der Waals surface area contributed by atoms with Gasteiger partial charge in [0.05, 0.1) is 0 Å². The third kappa shape index (κ3) is 2.53. The van der Waals surface area contributed by atoms with E-state index in [0.29, 0.717) is 4.99 Å². The van der Waals surface area contributed by atoms with Crippen LogP contribution in [0.3, 0.4) is 0 Å². The molecule has 0 radical (unpaired) electrons. The van der Waals surface area contributed by atoms with Gasteiger partial charge >= 0.3 is 0 Å². The molecule has 2 atom stereocenters. The Hall–Kier alpha value is -1.09. The molecule has 86 valence electrons. The first kappa shape index (κ1) is 11.4. The van der Waals surface area contributed by atoms with Crippen LogP contribution in [0, 0.1) is 11.8 Å². The van der Waals surface area contributed by atoms with Crippen molar-refractivity contribution in [3.05, 3.63) is 29.8 Å². The summed E-state index contributed by atoms with van der Waals surface area (Å²) in [4.78, 5) is 2.77. The van der Waals surface area contributed by atoms with Crippen molar-refractivity contribution in [2.24, 2.45) is 17.6 Å². The van der Waals surface area contributed by atoms with Crippen molar-refractivity contribution in [1.29, 1.82) is 0 Å². The van der Waals surface area contributed by atoms with E-state index < -0.39 is 0 Å². The molecule has 0 amide bonds. The number of rotatable bonds is 4. The molecule has 0 saturated heterocycles. The topological polar surface area (TPSA) is 29.3 Å². The summed E-state index contributed by atoms with van der Waals surface area (Å²) in [5.41, 5.74) is 7.74. The summed E-state index contributed by atoms with van der Waals surface area (Å²) < 4.78 is 0. The van der Waals surface area contributed by atoms with Crippen LogP contribution in [0.1, 0.15) is 18.9 Å². The zero-order valence-corrected chi connectivity index (χ0v) is 10.6. The molecule has 1 aliphatic carbocycles. The highest BCUT2D eigenvalue weighted by Gasteiger charge is 2.33. The average molecular weight is 234 g/mol. The van der Waals surface area contributed by atoms with Crippen molar-refractivity contribution >= 4 is 22.9 Å². The molecule has 2 rings (SSSR count). The highest BCUT2D eigenvalue weighted by Crippen LogP contribution is 2.38. The Labute approximate surface area is 102 Å². The molecule has 0 aliphatic heterocycles. The lowest BCUT2D eigenvalue weighted by atomic mass is 10.2. The monoisotopic (exact) mass is 234 g/mol. The van der Waals surface area contributed by atoms with E-state index in [2.05, 4.69) is 31.0 Å². The number of benzene rings is 1. The fourth-order valence-electron chi connectivity index (χ4n) is 1.99. The molecule has 0 bridgehead atoms. The third-order valence-corrected chi connectivity index (χ3v) is 3.61. The third-order valence-electron chi connectivity index (χ3n) is 3.38. The molecule has 0 spiro atoms. The first-order valence-electron chi connectivity index (χ1n) is 5.69. The van der Waals surface area contributed by atoms with Crippen molar-refractivity contribution in [3.8, 4) is 0 Å². The van der Waals surface area contributed by atoms with Crippen LogP contribution in [0.5, 0.6) is 0 Å². The zero-order valence-electron chi connectivity index (χ0n) is 9.81. The summed E-state index contributed by atoms with van der Waals surface area (Å²) in [6, 6.07) is 8.15. The molecule has 2 nitrogen and oxygen atoms in total. The van der Waals surface area contributed by atoms with Gasteiger partial charge in [0, 0.05) is 24.8 Å². The summed E-state index contributed by atoms with van der Waals surface area (Å²) in [5.74, 6) is 1.78. The lowest BCUT2D eigenvalue weighted by Gasteiger charge is -2.19. The van der Waals surface area contributed by atoms with Crippen LogP contribution in [0.2, 0.25) is 0 Å². The second-order valence-electron chi connectivity index (χ2n) is 4.76. The molecular formula is C13H18N2S. The normalized spacial score (nSPS) is 22.9. The van der Waals surface area contributed by atoms with Gasteiger partial charge in [-0.1, -0.05) is 19.1 Å². The van der Waals surface area contributed by atoms with E-state index in [0.717, 1.165) is 23.9 Å². The quantitative estimate of drug-likeness (QED) is 0.811. The van der Waals surface area contributed by atoms with Gasteiger partial charge in [-0.05, 0) is 42.5 Å². The summed E-state index contributed by atoms with van der Waals surface area (Å²) in [5, 5.41) is 0. The minimum absolute atomic E-state index is 0.463. The highest BCUT2D eigenvalue weighted by atomic mass is 32.1. The summed E-state index contributed by atoms with van der Waals surface area (Å²) >= 11 is 4.93. The Morgan fingerprint density at radius 3 is 2.44 bits per heavy atom. The van der Waals surface area contributed by atoms with E-state index in [-0.39, 0.29) is 0 Å². The van der Waals surface area contributed by atoms with Crippen LogP contribution >= 0.6 is 12.2 Å². The number of hydrogen-bond acceptors (Lipinski definition) is 2. The first-order valence-corrected chi connectivity index (χ1v) is 6.09. The Bertz CT molecular complexity index is 385. The Morgan fingerprint density at radius 2 is 2.00 bits per heavy atom. The fraction of sp³-hybridized carbons (Fsp3) is 0.462. The van der Waals surface area contributed by atoms with Crippen LogP contribution in [0.15, 0.2) is 24.3 Å². The predicted molar refractivity (Wildman–Crippen MR) is 72.9 cm³/mol. The van der Waals surface area contributed by atoms with Gasteiger partial charge in [0.25, 0.3) is 0 Å². The average Bonchev–Trinajstić information content (AvgIpc) is 2.94. The second kappa shape index (κ2) is 4.42. The van der Waals surface area contributed by atoms with Crippen LogP contribution in [-0.4, -0.2) is 18.6 Å². The SMILES string of the molecule is CC1CC1CN(C)c1ccc(C(N)=S)cc1. The molecule has 2 unspecified atom stereocenters. The molecule has 2 N–H and O–H groups in total. The van der Waals surface area contributed by atoms with Gasteiger partial charge in [0.1, 0.15) is 4.99 Å². The molecule has 0 heterocycles. The van der Waals surface area contributed by atoms with E-state index in [1.165, 1.54) is 12.1 Å². The van der Waals surface area contributed by atoms with Crippen molar-refractivity contribution in [2.75, 3.05) is 18.5 Å². The van der Waals surface area contributed by atoms with Crippen LogP contribution in [0.4, 0.5) is 5.69 Å². The van der Waals surface area contributed by atoms with Crippen molar-refractivity contribution in [3.63, 3.8) is 0 Å². The van der Waals surface area contributed by atoms with Crippen LogP contribution in [0.25, 0.3) is 0 Å². The van der Waals surface area contributed by atoms with Gasteiger partial charge in [0.15, 0.2) is 0 Å². The maximum absolute atomic E-state index is 5.57. The Kier molecular flexibility index (Phi) is 3.15. The minimum Gasteiger partial charge on any atom is -0.389 e. The maximum atomic E-state index is 5.57. The van der Waals surface area contributed by atoms with E-state index in [9.17, 15) is 0 Å². The van der Waals surface area contributed by atoms with Crippen LogP contribution in [-0.2, 0) is 0 Å². The van der Waals surface area contributed by atoms with Gasteiger partial charge in [-0.25, -0.2) is 0 Å². The summed E-state index contributed by atoms with van der Waals surface area (Å²) in [6.07, 6.45) is 1.37. The number of hydrogen-bond donors (Lipinski definition) is 1. The van der Waals surface area contributed by atoms with Gasteiger partial charge < -0.3 is 10.6 Å². The van der Waals surface area contributed by atoms with Gasteiger partial charge in [-0.3, -0.25) is 0 Å². The van der Waals surface area contributed by atoms with Crippen LogP contribution < -0.4 is 10.6 Å². The molecule has 3 heteroatoms. The molecule has 1 aromatic rings. The Morgan fingerprint density at radius 1 is 1.44 bits per heavy atom. The lowest BCUT2D eigenvalue weighted by Crippen LogP contribution is -2.20. The lowest BCUT2D eigenvalue weighted by molar-refractivity contribution is 0.725. The standard InChI is InChI=1S/C13H18N2S/c1-9-7-11(9)8-15(2)12-5-3-10(4-6-12)13(14)16/h3-6,9,11H,7-8H2,1-2H3,(H2,14,16). The Balaban J connectivity index is 2.00. The van der Waals surface area contributed by atoms with E-state index in [1.807, 2.05) is 12.1 Å². The minimum atomic E-state index is 0.463. The second-order valence-corrected chi connectivity index (χ2v) is 5.20. The number of nitrogens with zero attached hydrogens (tertiary/aromatic N) is 1. The van der Waals surface area contributed by atoms with Gasteiger partial charge in [-0.15, -0.1) is 0 Å².